The van der Waals surface area contributed by atoms with Crippen LogP contribution in [0.25, 0.3) is 0 Å². The second-order valence-corrected chi connectivity index (χ2v) is 6.78. The zero-order valence-electron chi connectivity index (χ0n) is 17.4. The number of rotatable bonds is 7. The molecule has 0 aromatic heterocycles. The van der Waals surface area contributed by atoms with Crippen molar-refractivity contribution in [1.82, 2.24) is 4.90 Å². The first-order valence-electron chi connectivity index (χ1n) is 9.60. The fourth-order valence-corrected chi connectivity index (χ4v) is 3.23. The third-order valence-corrected chi connectivity index (χ3v) is 4.90. The Morgan fingerprint density at radius 2 is 1.63 bits per heavy atom. The second kappa shape index (κ2) is 10.1. The van der Waals surface area contributed by atoms with E-state index in [1.807, 2.05) is 12.1 Å². The molecule has 0 atom stereocenters. The number of morpholine rings is 1. The van der Waals surface area contributed by atoms with Crippen molar-refractivity contribution in [2.45, 2.75) is 6.54 Å². The molecule has 8 heteroatoms. The number of nitrogens with zero attached hydrogens (tertiary/aromatic N) is 1. The van der Waals surface area contributed by atoms with E-state index in [0.29, 0.717) is 17.1 Å². The van der Waals surface area contributed by atoms with Crippen molar-refractivity contribution in [3.05, 3.63) is 53.1 Å². The average Bonchev–Trinajstić information content (AvgIpc) is 2.79. The van der Waals surface area contributed by atoms with Gasteiger partial charge in [-0.05, 0) is 17.7 Å². The van der Waals surface area contributed by atoms with E-state index in [4.69, 9.17) is 18.9 Å². The molecule has 1 heterocycles. The standard InChI is InChI=1S/C22H26N2O6/c1-27-19-12-17(22(26)29-3)18(13-20(19)28-2)23-21(25)16-6-4-15(5-7-16)14-24-8-10-30-11-9-24/h4-7,12-13H,8-11,14H2,1-3H3,(H,23,25). The Hall–Kier alpha value is -3.10. The summed E-state index contributed by atoms with van der Waals surface area (Å²) in [6.45, 7) is 4.10. The van der Waals surface area contributed by atoms with Gasteiger partial charge in [-0.15, -0.1) is 0 Å². The number of anilines is 1. The van der Waals surface area contributed by atoms with E-state index in [1.165, 1.54) is 33.5 Å². The van der Waals surface area contributed by atoms with Crippen LogP contribution in [0.1, 0.15) is 26.3 Å². The lowest BCUT2D eigenvalue weighted by Crippen LogP contribution is -2.35. The average molecular weight is 414 g/mol. The van der Waals surface area contributed by atoms with Crippen LogP contribution < -0.4 is 14.8 Å². The zero-order chi connectivity index (χ0) is 21.5. The highest BCUT2D eigenvalue weighted by atomic mass is 16.5. The minimum Gasteiger partial charge on any atom is -0.493 e. The molecule has 1 aliphatic rings. The van der Waals surface area contributed by atoms with E-state index in [1.54, 1.807) is 12.1 Å². The number of hydrogen-bond acceptors (Lipinski definition) is 7. The summed E-state index contributed by atoms with van der Waals surface area (Å²) in [5, 5.41) is 2.77. The fraction of sp³-hybridized carbons (Fsp3) is 0.364. The van der Waals surface area contributed by atoms with Gasteiger partial charge in [0.2, 0.25) is 0 Å². The van der Waals surface area contributed by atoms with E-state index >= 15 is 0 Å². The highest BCUT2D eigenvalue weighted by Gasteiger charge is 2.20. The number of esters is 1. The Morgan fingerprint density at radius 3 is 2.23 bits per heavy atom. The molecular weight excluding hydrogens is 388 g/mol. The maximum absolute atomic E-state index is 12.8. The molecule has 2 aromatic rings. The normalized spacial score (nSPS) is 14.1. The van der Waals surface area contributed by atoms with Gasteiger partial charge >= 0.3 is 5.97 Å². The summed E-state index contributed by atoms with van der Waals surface area (Å²) in [7, 11) is 4.22. The summed E-state index contributed by atoms with van der Waals surface area (Å²) in [6, 6.07) is 10.4. The molecule has 0 radical (unpaired) electrons. The van der Waals surface area contributed by atoms with Gasteiger partial charge in [0, 0.05) is 37.3 Å². The topological polar surface area (TPSA) is 86.3 Å². The molecule has 160 valence electrons. The van der Waals surface area contributed by atoms with Crippen LogP contribution in [0.3, 0.4) is 0 Å². The van der Waals surface area contributed by atoms with Gasteiger partial charge in [0.15, 0.2) is 11.5 Å². The van der Waals surface area contributed by atoms with Gasteiger partial charge < -0.3 is 24.3 Å². The van der Waals surface area contributed by atoms with Crippen LogP contribution in [0.4, 0.5) is 5.69 Å². The molecule has 1 N–H and O–H groups in total. The number of carbonyl (C=O) groups excluding carboxylic acids is 2. The van der Waals surface area contributed by atoms with Gasteiger partial charge in [0.1, 0.15) is 0 Å². The summed E-state index contributed by atoms with van der Waals surface area (Å²) in [4.78, 5) is 27.3. The van der Waals surface area contributed by atoms with Crippen LogP contribution in [-0.2, 0) is 16.0 Å². The first kappa shape index (κ1) is 21.6. The maximum atomic E-state index is 12.8. The lowest BCUT2D eigenvalue weighted by molar-refractivity contribution is 0.0342. The van der Waals surface area contributed by atoms with Gasteiger partial charge in [-0.1, -0.05) is 12.1 Å². The number of benzene rings is 2. The molecule has 2 aromatic carbocycles. The van der Waals surface area contributed by atoms with Gasteiger partial charge in [0.05, 0.1) is 45.8 Å². The molecule has 0 unspecified atom stereocenters. The van der Waals surface area contributed by atoms with Crippen LogP contribution in [0.5, 0.6) is 11.5 Å². The van der Waals surface area contributed by atoms with Gasteiger partial charge in [-0.25, -0.2) is 4.79 Å². The Labute approximate surface area is 175 Å². The van der Waals surface area contributed by atoms with Crippen molar-refractivity contribution in [3.8, 4) is 11.5 Å². The molecule has 30 heavy (non-hydrogen) atoms. The van der Waals surface area contributed by atoms with Gasteiger partial charge in [-0.2, -0.15) is 0 Å². The monoisotopic (exact) mass is 414 g/mol. The number of nitrogens with one attached hydrogen (secondary N) is 1. The molecule has 1 amide bonds. The number of ether oxygens (including phenoxy) is 4. The van der Waals surface area contributed by atoms with Crippen LogP contribution in [0.15, 0.2) is 36.4 Å². The Balaban J connectivity index is 1.76. The van der Waals surface area contributed by atoms with Crippen molar-refractivity contribution >= 4 is 17.6 Å². The highest BCUT2D eigenvalue weighted by Crippen LogP contribution is 2.34. The maximum Gasteiger partial charge on any atom is 0.340 e. The summed E-state index contributed by atoms with van der Waals surface area (Å²) in [6.07, 6.45) is 0. The van der Waals surface area contributed by atoms with Crippen LogP contribution >= 0.6 is 0 Å². The number of hydrogen-bond donors (Lipinski definition) is 1. The SMILES string of the molecule is COC(=O)c1cc(OC)c(OC)cc1NC(=O)c1ccc(CN2CCOCC2)cc1. The summed E-state index contributed by atoms with van der Waals surface area (Å²) in [5.41, 5.74) is 2.05. The predicted molar refractivity (Wildman–Crippen MR) is 111 cm³/mol. The quantitative estimate of drug-likeness (QED) is 0.697. The van der Waals surface area contributed by atoms with E-state index < -0.39 is 5.97 Å². The largest absolute Gasteiger partial charge is 0.493 e. The molecule has 0 aliphatic carbocycles. The first-order chi connectivity index (χ1) is 14.5. The van der Waals surface area contributed by atoms with Crippen molar-refractivity contribution in [2.24, 2.45) is 0 Å². The summed E-state index contributed by atoms with van der Waals surface area (Å²) >= 11 is 0. The van der Waals surface area contributed by atoms with Gasteiger partial charge in [-0.3, -0.25) is 9.69 Å². The lowest BCUT2D eigenvalue weighted by Gasteiger charge is -2.26. The summed E-state index contributed by atoms with van der Waals surface area (Å²) < 4.78 is 20.7. The van der Waals surface area contributed by atoms with E-state index in [9.17, 15) is 9.59 Å². The van der Waals surface area contributed by atoms with Crippen LogP contribution in [0, 0.1) is 0 Å². The minimum atomic E-state index is -0.591. The number of carbonyl (C=O) groups is 2. The fourth-order valence-electron chi connectivity index (χ4n) is 3.23. The zero-order valence-corrected chi connectivity index (χ0v) is 17.4. The number of amides is 1. The highest BCUT2D eigenvalue weighted by molar-refractivity contribution is 6.08. The smallest absolute Gasteiger partial charge is 0.340 e. The lowest BCUT2D eigenvalue weighted by atomic mass is 10.1. The molecule has 0 bridgehead atoms. The molecule has 0 spiro atoms. The minimum absolute atomic E-state index is 0.174. The third kappa shape index (κ3) is 5.08. The van der Waals surface area contributed by atoms with E-state index in [0.717, 1.165) is 38.4 Å². The third-order valence-electron chi connectivity index (χ3n) is 4.90. The van der Waals surface area contributed by atoms with Crippen molar-refractivity contribution in [1.29, 1.82) is 0 Å². The molecule has 1 fully saturated rings. The van der Waals surface area contributed by atoms with Crippen molar-refractivity contribution < 1.29 is 28.5 Å². The van der Waals surface area contributed by atoms with Crippen molar-refractivity contribution in [2.75, 3.05) is 52.9 Å². The van der Waals surface area contributed by atoms with Crippen LogP contribution in [-0.4, -0.2) is 64.4 Å². The number of methoxy groups -OCH3 is 3. The predicted octanol–water partition coefficient (Wildman–Crippen LogP) is 2.57. The van der Waals surface area contributed by atoms with Crippen molar-refractivity contribution in [3.63, 3.8) is 0 Å². The van der Waals surface area contributed by atoms with E-state index in [2.05, 4.69) is 10.2 Å². The Kier molecular flexibility index (Phi) is 7.26. The second-order valence-electron chi connectivity index (χ2n) is 6.78. The van der Waals surface area contributed by atoms with E-state index in [-0.39, 0.29) is 17.2 Å². The molecule has 1 saturated heterocycles. The first-order valence-corrected chi connectivity index (χ1v) is 9.60. The Morgan fingerprint density at radius 1 is 1.00 bits per heavy atom. The summed E-state index contributed by atoms with van der Waals surface area (Å²) in [5.74, 6) is -0.179. The molecule has 3 rings (SSSR count). The Bertz CT molecular complexity index is 891. The molecule has 1 aliphatic heterocycles. The molecule has 0 saturated carbocycles. The van der Waals surface area contributed by atoms with Crippen LogP contribution in [0.2, 0.25) is 0 Å². The molecule has 8 nitrogen and oxygen atoms in total. The molecular formula is C22H26N2O6. The van der Waals surface area contributed by atoms with Gasteiger partial charge in [0.25, 0.3) is 5.91 Å².